The van der Waals surface area contributed by atoms with Gasteiger partial charge in [0.2, 0.25) is 5.91 Å². The second-order valence-corrected chi connectivity index (χ2v) is 5.49. The lowest BCUT2D eigenvalue weighted by atomic mass is 9.88. The molecule has 138 valence electrons. The van der Waals surface area contributed by atoms with Gasteiger partial charge < -0.3 is 40.3 Å². The molecule has 11 nitrogen and oxygen atoms in total. The number of hydrogen-bond acceptors (Lipinski definition) is 9. The Balaban J connectivity index is 3.25. The van der Waals surface area contributed by atoms with Gasteiger partial charge in [-0.1, -0.05) is 0 Å². The smallest absolute Gasteiger partial charge is 0.364 e. The van der Waals surface area contributed by atoms with Crippen molar-refractivity contribution < 1.29 is 49.4 Å². The van der Waals surface area contributed by atoms with Crippen LogP contribution >= 0.6 is 0 Å². The maximum Gasteiger partial charge on any atom is 0.364 e. The lowest BCUT2D eigenvalue weighted by Gasteiger charge is -2.45. The topological polar surface area (TPSA) is 183 Å². The number of carbonyl (C=O) groups is 3. The number of ether oxygens (including phenoxy) is 2. The van der Waals surface area contributed by atoms with Crippen molar-refractivity contribution in [3.05, 3.63) is 0 Å². The van der Waals surface area contributed by atoms with E-state index in [2.05, 4.69) is 5.32 Å². The summed E-state index contributed by atoms with van der Waals surface area (Å²) in [4.78, 5) is 33.8. The van der Waals surface area contributed by atoms with Gasteiger partial charge in [-0.05, 0) is 0 Å². The summed E-state index contributed by atoms with van der Waals surface area (Å²) in [5.41, 5.74) is 0. The van der Waals surface area contributed by atoms with Crippen molar-refractivity contribution in [3.8, 4) is 0 Å². The molecule has 0 spiro atoms. The number of carbonyl (C=O) groups excluding carboxylic acids is 2. The predicted octanol–water partition coefficient (Wildman–Crippen LogP) is -3.30. The molecule has 1 fully saturated rings. The largest absolute Gasteiger partial charge is 0.477 e. The van der Waals surface area contributed by atoms with Crippen LogP contribution in [0.5, 0.6) is 0 Å². The number of hydrogen-bond donors (Lipinski definition) is 6. The molecule has 0 radical (unpaired) electrons. The molecule has 1 saturated heterocycles. The van der Waals surface area contributed by atoms with Crippen LogP contribution in [0.4, 0.5) is 0 Å². The third kappa shape index (κ3) is 4.61. The van der Waals surface area contributed by atoms with Gasteiger partial charge in [-0.3, -0.25) is 9.59 Å². The summed E-state index contributed by atoms with van der Waals surface area (Å²) < 4.78 is 9.91. The number of rotatable bonds is 6. The third-order valence-corrected chi connectivity index (χ3v) is 3.50. The van der Waals surface area contributed by atoms with Crippen molar-refractivity contribution in [2.45, 2.75) is 56.5 Å². The maximum absolute atomic E-state index is 11.4. The molecule has 24 heavy (non-hydrogen) atoms. The van der Waals surface area contributed by atoms with Gasteiger partial charge in [0, 0.05) is 13.8 Å². The Morgan fingerprint density at radius 3 is 2.33 bits per heavy atom. The first-order valence-electron chi connectivity index (χ1n) is 7.06. The molecule has 2 unspecified atom stereocenters. The average molecular weight is 351 g/mol. The van der Waals surface area contributed by atoms with Gasteiger partial charge in [0.25, 0.3) is 5.79 Å². The Morgan fingerprint density at radius 2 is 1.92 bits per heavy atom. The number of carboxylic acid groups (broad SMARTS) is 1. The Bertz CT molecular complexity index is 497. The Labute approximate surface area is 136 Å². The van der Waals surface area contributed by atoms with Gasteiger partial charge in [0.05, 0.1) is 19.1 Å². The van der Waals surface area contributed by atoms with E-state index in [1.165, 1.54) is 0 Å². The molecule has 0 aromatic rings. The van der Waals surface area contributed by atoms with E-state index in [1.54, 1.807) is 0 Å². The van der Waals surface area contributed by atoms with Gasteiger partial charge >= 0.3 is 11.9 Å². The Hall–Kier alpha value is -1.79. The van der Waals surface area contributed by atoms with Crippen molar-refractivity contribution in [2.24, 2.45) is 0 Å². The van der Waals surface area contributed by atoms with Crippen LogP contribution in [0.2, 0.25) is 0 Å². The summed E-state index contributed by atoms with van der Waals surface area (Å²) in [6, 6.07) is -1.26. The number of aliphatic carboxylic acids is 1. The summed E-state index contributed by atoms with van der Waals surface area (Å²) >= 11 is 0. The monoisotopic (exact) mass is 351 g/mol. The standard InChI is InChI=1S/C13H21NO10/c1-5(16)14-9-8(23-6(2)17)3-13(22,12(20)21)24-11(9)10(19)7(18)4-15/h7-11,15,18-19,22H,3-4H2,1-2H3,(H,14,16)(H,20,21)/t7?,8-,9+,10?,11+,13-/m0/s1. The van der Waals surface area contributed by atoms with Crippen LogP contribution in [0.25, 0.3) is 0 Å². The predicted molar refractivity (Wildman–Crippen MR) is 74.3 cm³/mol. The van der Waals surface area contributed by atoms with Crippen LogP contribution in [0.3, 0.4) is 0 Å². The zero-order valence-electron chi connectivity index (χ0n) is 13.1. The minimum Gasteiger partial charge on any atom is -0.477 e. The van der Waals surface area contributed by atoms with Gasteiger partial charge in [-0.2, -0.15) is 0 Å². The first kappa shape index (κ1) is 20.3. The molecule has 6 atom stereocenters. The molecular formula is C13H21NO10. The van der Waals surface area contributed by atoms with Crippen molar-refractivity contribution >= 4 is 17.8 Å². The fraction of sp³-hybridized carbons (Fsp3) is 0.769. The number of aliphatic hydroxyl groups is 4. The third-order valence-electron chi connectivity index (χ3n) is 3.50. The molecule has 1 heterocycles. The van der Waals surface area contributed by atoms with Crippen molar-refractivity contribution in [1.82, 2.24) is 5.32 Å². The highest BCUT2D eigenvalue weighted by Gasteiger charge is 2.55. The number of esters is 1. The number of amides is 1. The lowest BCUT2D eigenvalue weighted by molar-refractivity contribution is -0.296. The second kappa shape index (κ2) is 7.85. The van der Waals surface area contributed by atoms with Crippen molar-refractivity contribution in [3.63, 3.8) is 0 Å². The lowest BCUT2D eigenvalue weighted by Crippen LogP contribution is -2.67. The highest BCUT2D eigenvalue weighted by molar-refractivity contribution is 5.76. The Morgan fingerprint density at radius 1 is 1.33 bits per heavy atom. The Kier molecular flexibility index (Phi) is 6.63. The molecule has 0 saturated carbocycles. The normalized spacial score (nSPS) is 32.5. The van der Waals surface area contributed by atoms with E-state index < -0.39 is 67.1 Å². The van der Waals surface area contributed by atoms with Gasteiger partial charge in [-0.15, -0.1) is 0 Å². The highest BCUT2D eigenvalue weighted by atomic mass is 16.7. The van der Waals surface area contributed by atoms with E-state index in [-0.39, 0.29) is 0 Å². The first-order valence-corrected chi connectivity index (χ1v) is 7.06. The summed E-state index contributed by atoms with van der Waals surface area (Å²) in [5, 5.41) is 50.1. The molecule has 0 aromatic carbocycles. The van der Waals surface area contributed by atoms with Gasteiger partial charge in [0.1, 0.15) is 24.4 Å². The number of nitrogens with one attached hydrogen (secondary N) is 1. The molecule has 11 heteroatoms. The summed E-state index contributed by atoms with van der Waals surface area (Å²) in [6.45, 7) is 1.26. The van der Waals surface area contributed by atoms with E-state index in [0.717, 1.165) is 13.8 Å². The van der Waals surface area contributed by atoms with Gasteiger partial charge in [-0.25, -0.2) is 4.79 Å². The van der Waals surface area contributed by atoms with E-state index in [4.69, 9.17) is 19.7 Å². The number of aliphatic hydroxyl groups excluding tert-OH is 3. The molecule has 1 aliphatic heterocycles. The van der Waals surface area contributed by atoms with Crippen LogP contribution in [0.1, 0.15) is 20.3 Å². The van der Waals surface area contributed by atoms with E-state index >= 15 is 0 Å². The van der Waals surface area contributed by atoms with E-state index in [9.17, 15) is 29.7 Å². The van der Waals surface area contributed by atoms with E-state index in [0.29, 0.717) is 0 Å². The van der Waals surface area contributed by atoms with Crippen LogP contribution in [0, 0.1) is 0 Å². The van der Waals surface area contributed by atoms with Crippen LogP contribution in [0.15, 0.2) is 0 Å². The minimum atomic E-state index is -2.82. The summed E-state index contributed by atoms with van der Waals surface area (Å²) in [6.07, 6.45) is -7.37. The fourth-order valence-corrected chi connectivity index (χ4v) is 2.44. The number of carboxylic acids is 1. The van der Waals surface area contributed by atoms with Crippen LogP contribution in [-0.4, -0.2) is 86.2 Å². The summed E-state index contributed by atoms with van der Waals surface area (Å²) in [5.74, 6) is -6.06. The van der Waals surface area contributed by atoms with Crippen LogP contribution in [-0.2, 0) is 23.9 Å². The quantitative estimate of drug-likeness (QED) is 0.265. The second-order valence-electron chi connectivity index (χ2n) is 5.49. The first-order chi connectivity index (χ1) is 11.0. The van der Waals surface area contributed by atoms with Crippen molar-refractivity contribution in [2.75, 3.05) is 6.61 Å². The van der Waals surface area contributed by atoms with Gasteiger partial charge in [0.15, 0.2) is 0 Å². The molecule has 1 rings (SSSR count). The molecule has 0 aromatic heterocycles. The van der Waals surface area contributed by atoms with E-state index in [1.807, 2.05) is 0 Å². The molecule has 0 bridgehead atoms. The average Bonchev–Trinajstić information content (AvgIpc) is 2.47. The molecule has 1 amide bonds. The SMILES string of the molecule is CC(=O)N[C@@H]1[C@@H](OC(C)=O)C[C@@](O)(C(=O)O)O[C@H]1C(O)C(O)CO. The molecule has 1 aliphatic rings. The van der Waals surface area contributed by atoms with Crippen LogP contribution < -0.4 is 5.32 Å². The maximum atomic E-state index is 11.4. The zero-order chi connectivity index (χ0) is 18.7. The summed E-state index contributed by atoms with van der Waals surface area (Å²) in [7, 11) is 0. The minimum absolute atomic E-state index is 0.614. The molecular weight excluding hydrogens is 330 g/mol. The molecule has 0 aliphatic carbocycles. The highest BCUT2D eigenvalue weighted by Crippen LogP contribution is 2.32. The van der Waals surface area contributed by atoms with Crippen molar-refractivity contribution in [1.29, 1.82) is 0 Å². The zero-order valence-corrected chi connectivity index (χ0v) is 13.1. The molecule has 6 N–H and O–H groups in total. The fourth-order valence-electron chi connectivity index (χ4n) is 2.44.